The predicted molar refractivity (Wildman–Crippen MR) is 68.8 cm³/mol. The van der Waals surface area contributed by atoms with Gasteiger partial charge in [0.15, 0.2) is 0 Å². The normalized spacial score (nSPS) is 13.0. The van der Waals surface area contributed by atoms with E-state index in [0.29, 0.717) is 30.3 Å². The molecule has 1 rings (SSSR count). The van der Waals surface area contributed by atoms with Crippen LogP contribution in [-0.2, 0) is 6.54 Å². The van der Waals surface area contributed by atoms with Gasteiger partial charge in [0.25, 0.3) is 0 Å². The molecule has 0 aromatic carbocycles. The van der Waals surface area contributed by atoms with Crippen molar-refractivity contribution in [2.45, 2.75) is 40.7 Å². The van der Waals surface area contributed by atoms with Crippen LogP contribution in [0.5, 0.6) is 0 Å². The highest BCUT2D eigenvalue weighted by molar-refractivity contribution is 5.16. The molecule has 1 unspecified atom stereocenters. The van der Waals surface area contributed by atoms with E-state index in [2.05, 4.69) is 48.5 Å². The van der Waals surface area contributed by atoms with Crippen LogP contribution in [0.4, 0.5) is 6.01 Å². The van der Waals surface area contributed by atoms with E-state index in [1.165, 1.54) is 0 Å². The molecule has 5 heteroatoms. The topological polar surface area (TPSA) is 63.0 Å². The van der Waals surface area contributed by atoms with Crippen molar-refractivity contribution in [2.24, 2.45) is 11.8 Å². The molecule has 0 fully saturated rings. The minimum absolute atomic E-state index is 0.520. The Morgan fingerprint density at radius 3 is 2.59 bits per heavy atom. The van der Waals surface area contributed by atoms with Gasteiger partial charge < -0.3 is 15.1 Å². The van der Waals surface area contributed by atoms with Crippen molar-refractivity contribution in [3.63, 3.8) is 0 Å². The summed E-state index contributed by atoms with van der Waals surface area (Å²) in [5, 5.41) is 14.3. The van der Waals surface area contributed by atoms with Gasteiger partial charge in [0.2, 0.25) is 5.89 Å². The smallest absolute Gasteiger partial charge is 0.315 e. The second-order valence-electron chi connectivity index (χ2n) is 4.92. The average molecular weight is 240 g/mol. The SMILES string of the molecule is CCC(C)CNc1nnc(CNCC(C)C)o1. The average Bonchev–Trinajstić information content (AvgIpc) is 2.73. The molecule has 1 aromatic heterocycles. The van der Waals surface area contributed by atoms with Crippen molar-refractivity contribution >= 4 is 6.01 Å². The van der Waals surface area contributed by atoms with E-state index in [-0.39, 0.29) is 0 Å². The van der Waals surface area contributed by atoms with Crippen LogP contribution in [0, 0.1) is 11.8 Å². The Kier molecular flexibility index (Phi) is 5.97. The summed E-state index contributed by atoms with van der Waals surface area (Å²) in [7, 11) is 0. The second-order valence-corrected chi connectivity index (χ2v) is 4.92. The lowest BCUT2D eigenvalue weighted by Crippen LogP contribution is -2.19. The molecule has 5 nitrogen and oxygen atoms in total. The Balaban J connectivity index is 2.27. The number of anilines is 1. The molecule has 0 aliphatic carbocycles. The van der Waals surface area contributed by atoms with E-state index in [0.717, 1.165) is 19.5 Å². The zero-order valence-electron chi connectivity index (χ0n) is 11.3. The van der Waals surface area contributed by atoms with Crippen molar-refractivity contribution in [2.75, 3.05) is 18.4 Å². The van der Waals surface area contributed by atoms with E-state index in [1.54, 1.807) is 0 Å². The van der Waals surface area contributed by atoms with E-state index < -0.39 is 0 Å². The van der Waals surface area contributed by atoms with Crippen LogP contribution >= 0.6 is 0 Å². The molecule has 0 bridgehead atoms. The summed E-state index contributed by atoms with van der Waals surface area (Å²) in [4.78, 5) is 0. The molecule has 0 aliphatic rings. The first kappa shape index (κ1) is 14.0. The van der Waals surface area contributed by atoms with Crippen LogP contribution in [0.15, 0.2) is 4.42 Å². The van der Waals surface area contributed by atoms with Crippen molar-refractivity contribution in [1.29, 1.82) is 0 Å². The molecule has 0 amide bonds. The Hall–Kier alpha value is -1.10. The van der Waals surface area contributed by atoms with Gasteiger partial charge in [-0.05, 0) is 18.4 Å². The van der Waals surface area contributed by atoms with Crippen molar-refractivity contribution in [1.82, 2.24) is 15.5 Å². The first-order valence-corrected chi connectivity index (χ1v) is 6.38. The zero-order valence-corrected chi connectivity index (χ0v) is 11.3. The molecule has 1 aromatic rings. The van der Waals surface area contributed by atoms with Crippen LogP contribution in [0.25, 0.3) is 0 Å². The van der Waals surface area contributed by atoms with Crippen LogP contribution in [0.2, 0.25) is 0 Å². The molecule has 1 atom stereocenters. The summed E-state index contributed by atoms with van der Waals surface area (Å²) in [5.41, 5.74) is 0. The molecule has 0 spiro atoms. The Labute approximate surface area is 103 Å². The zero-order chi connectivity index (χ0) is 12.7. The van der Waals surface area contributed by atoms with Crippen molar-refractivity contribution in [3.8, 4) is 0 Å². The minimum atomic E-state index is 0.520. The summed E-state index contributed by atoms with van der Waals surface area (Å²) in [6.45, 7) is 11.2. The number of hydrogen-bond acceptors (Lipinski definition) is 5. The number of aromatic nitrogens is 2. The number of hydrogen-bond donors (Lipinski definition) is 2. The molecule has 1 heterocycles. The van der Waals surface area contributed by atoms with Gasteiger partial charge in [0.05, 0.1) is 6.54 Å². The molecular formula is C12H24N4O. The van der Waals surface area contributed by atoms with Gasteiger partial charge in [0.1, 0.15) is 0 Å². The first-order chi connectivity index (χ1) is 8.11. The maximum atomic E-state index is 5.46. The standard InChI is InChI=1S/C12H24N4O/c1-5-10(4)7-14-12-16-15-11(17-12)8-13-6-9(2)3/h9-10,13H,5-8H2,1-4H3,(H,14,16). The van der Waals surface area contributed by atoms with Gasteiger partial charge >= 0.3 is 6.01 Å². The largest absolute Gasteiger partial charge is 0.407 e. The molecule has 2 N–H and O–H groups in total. The minimum Gasteiger partial charge on any atom is -0.407 e. The summed E-state index contributed by atoms with van der Waals surface area (Å²) < 4.78 is 5.46. The molecule has 0 saturated heterocycles. The van der Waals surface area contributed by atoms with Crippen LogP contribution in [-0.4, -0.2) is 23.3 Å². The second kappa shape index (κ2) is 7.27. The van der Waals surface area contributed by atoms with Crippen LogP contribution in [0.1, 0.15) is 40.0 Å². The Bertz CT molecular complexity index is 311. The van der Waals surface area contributed by atoms with E-state index >= 15 is 0 Å². The highest BCUT2D eigenvalue weighted by Gasteiger charge is 2.06. The first-order valence-electron chi connectivity index (χ1n) is 6.38. The van der Waals surface area contributed by atoms with Gasteiger partial charge in [-0.2, -0.15) is 0 Å². The maximum absolute atomic E-state index is 5.46. The molecule has 0 radical (unpaired) electrons. The molecule has 0 saturated carbocycles. The maximum Gasteiger partial charge on any atom is 0.315 e. The third-order valence-electron chi connectivity index (χ3n) is 2.59. The van der Waals surface area contributed by atoms with E-state index in [4.69, 9.17) is 4.42 Å². The lowest BCUT2D eigenvalue weighted by atomic mass is 10.1. The molecular weight excluding hydrogens is 216 g/mol. The van der Waals surface area contributed by atoms with Gasteiger partial charge in [-0.1, -0.05) is 39.2 Å². The summed E-state index contributed by atoms with van der Waals surface area (Å²) in [5.74, 6) is 1.88. The number of nitrogens with zero attached hydrogens (tertiary/aromatic N) is 2. The van der Waals surface area contributed by atoms with Gasteiger partial charge in [-0.25, -0.2) is 0 Å². The Morgan fingerprint density at radius 1 is 1.18 bits per heavy atom. The van der Waals surface area contributed by atoms with Crippen LogP contribution < -0.4 is 10.6 Å². The van der Waals surface area contributed by atoms with E-state index in [9.17, 15) is 0 Å². The fourth-order valence-corrected chi connectivity index (χ4v) is 1.27. The van der Waals surface area contributed by atoms with Gasteiger partial charge in [-0.3, -0.25) is 0 Å². The van der Waals surface area contributed by atoms with Crippen molar-refractivity contribution < 1.29 is 4.42 Å². The van der Waals surface area contributed by atoms with Gasteiger partial charge in [-0.15, -0.1) is 5.10 Å². The number of nitrogens with one attached hydrogen (secondary N) is 2. The fraction of sp³-hybridized carbons (Fsp3) is 0.833. The van der Waals surface area contributed by atoms with Gasteiger partial charge in [0, 0.05) is 6.54 Å². The summed E-state index contributed by atoms with van der Waals surface area (Å²) >= 11 is 0. The lowest BCUT2D eigenvalue weighted by Gasteiger charge is -2.07. The third-order valence-corrected chi connectivity index (χ3v) is 2.59. The monoisotopic (exact) mass is 240 g/mol. The predicted octanol–water partition coefficient (Wildman–Crippen LogP) is 2.27. The summed E-state index contributed by atoms with van der Waals surface area (Å²) in [6.07, 6.45) is 1.14. The Morgan fingerprint density at radius 2 is 1.94 bits per heavy atom. The highest BCUT2D eigenvalue weighted by Crippen LogP contribution is 2.07. The van der Waals surface area contributed by atoms with Crippen molar-refractivity contribution in [3.05, 3.63) is 5.89 Å². The molecule has 17 heavy (non-hydrogen) atoms. The molecule has 0 aliphatic heterocycles. The summed E-state index contributed by atoms with van der Waals surface area (Å²) in [6, 6.07) is 0.520. The number of rotatable bonds is 8. The fourth-order valence-electron chi connectivity index (χ4n) is 1.27. The third kappa shape index (κ3) is 5.68. The van der Waals surface area contributed by atoms with E-state index in [1.807, 2.05) is 0 Å². The molecule has 98 valence electrons. The quantitative estimate of drug-likeness (QED) is 0.730. The van der Waals surface area contributed by atoms with Crippen LogP contribution in [0.3, 0.4) is 0 Å². The lowest BCUT2D eigenvalue weighted by molar-refractivity contribution is 0.455. The highest BCUT2D eigenvalue weighted by atomic mass is 16.4.